The van der Waals surface area contributed by atoms with Crippen LogP contribution in [0.25, 0.3) is 0 Å². The topological polar surface area (TPSA) is 81.8 Å². The van der Waals surface area contributed by atoms with Gasteiger partial charge in [-0.3, -0.25) is 0 Å². The molecule has 3 N–H and O–H groups in total. The number of para-hydroxylation sites is 2. The predicted molar refractivity (Wildman–Crippen MR) is 82.9 cm³/mol. The van der Waals surface area contributed by atoms with Crippen LogP contribution in [-0.2, 0) is 6.54 Å². The second-order valence-corrected chi connectivity index (χ2v) is 4.58. The number of nitrogens with one attached hydrogen (secondary N) is 1. The molecule has 0 saturated carbocycles. The first-order valence-electron chi connectivity index (χ1n) is 6.78. The van der Waals surface area contributed by atoms with Crippen molar-refractivity contribution in [2.75, 3.05) is 12.4 Å². The Hall–Kier alpha value is -2.97. The standard InChI is InChI=1S/C15H15F3N4O2/c1-23-13-8-10(6-7-20-13)9-21-14(19)22-11-4-2-3-5-12(11)24-15(16,17)18/h2-8H,9H2,1H3,(H3,19,21,22). The highest BCUT2D eigenvalue weighted by Gasteiger charge is 2.32. The average molecular weight is 340 g/mol. The van der Waals surface area contributed by atoms with Gasteiger partial charge in [0, 0.05) is 12.3 Å². The zero-order chi connectivity index (χ0) is 17.6. The Morgan fingerprint density at radius 2 is 2.04 bits per heavy atom. The van der Waals surface area contributed by atoms with E-state index >= 15 is 0 Å². The first-order chi connectivity index (χ1) is 11.4. The van der Waals surface area contributed by atoms with Crippen molar-refractivity contribution in [3.8, 4) is 11.6 Å². The van der Waals surface area contributed by atoms with Crippen molar-refractivity contribution < 1.29 is 22.6 Å². The minimum Gasteiger partial charge on any atom is -0.481 e. The molecule has 2 aromatic rings. The molecule has 0 amide bonds. The van der Waals surface area contributed by atoms with Crippen LogP contribution in [0.1, 0.15) is 5.56 Å². The molecule has 0 spiro atoms. The van der Waals surface area contributed by atoms with E-state index in [1.54, 1.807) is 24.4 Å². The summed E-state index contributed by atoms with van der Waals surface area (Å²) in [4.78, 5) is 8.02. The van der Waals surface area contributed by atoms with E-state index in [4.69, 9.17) is 10.5 Å². The molecule has 24 heavy (non-hydrogen) atoms. The number of nitrogens with zero attached hydrogens (tertiary/aromatic N) is 2. The van der Waals surface area contributed by atoms with Gasteiger partial charge >= 0.3 is 6.36 Å². The molecule has 0 saturated heterocycles. The summed E-state index contributed by atoms with van der Waals surface area (Å²) in [7, 11) is 1.49. The Morgan fingerprint density at radius 3 is 2.75 bits per heavy atom. The molecule has 0 aliphatic carbocycles. The van der Waals surface area contributed by atoms with Gasteiger partial charge in [-0.25, -0.2) is 9.98 Å². The summed E-state index contributed by atoms with van der Waals surface area (Å²) in [6.45, 7) is 0.208. The number of aliphatic imine (C=N–C) groups is 1. The quantitative estimate of drug-likeness (QED) is 0.646. The van der Waals surface area contributed by atoms with Gasteiger partial charge in [-0.1, -0.05) is 12.1 Å². The number of hydrogen-bond donors (Lipinski definition) is 2. The number of rotatable bonds is 5. The van der Waals surface area contributed by atoms with Crippen LogP contribution < -0.4 is 20.5 Å². The number of pyridine rings is 1. The first-order valence-corrected chi connectivity index (χ1v) is 6.78. The highest BCUT2D eigenvalue weighted by molar-refractivity contribution is 5.93. The fourth-order valence-corrected chi connectivity index (χ4v) is 1.80. The van der Waals surface area contributed by atoms with Crippen molar-refractivity contribution in [2.45, 2.75) is 12.9 Å². The van der Waals surface area contributed by atoms with Crippen LogP contribution in [0.5, 0.6) is 11.6 Å². The Kier molecular flexibility index (Phi) is 5.46. The lowest BCUT2D eigenvalue weighted by molar-refractivity contribution is -0.274. The molecule has 1 aromatic heterocycles. The van der Waals surface area contributed by atoms with Gasteiger partial charge in [0.15, 0.2) is 11.7 Å². The molecule has 1 heterocycles. The van der Waals surface area contributed by atoms with E-state index < -0.39 is 12.1 Å². The summed E-state index contributed by atoms with van der Waals surface area (Å²) in [5, 5.41) is 2.59. The molecular formula is C15H15F3N4O2. The third-order valence-electron chi connectivity index (χ3n) is 2.82. The number of hydrogen-bond acceptors (Lipinski definition) is 4. The number of halogens is 3. The maximum atomic E-state index is 12.4. The Balaban J connectivity index is 2.07. The molecule has 9 heteroatoms. The van der Waals surface area contributed by atoms with E-state index in [9.17, 15) is 13.2 Å². The molecule has 0 aliphatic heterocycles. The molecule has 0 bridgehead atoms. The molecule has 0 unspecified atom stereocenters. The molecule has 0 radical (unpaired) electrons. The van der Waals surface area contributed by atoms with Gasteiger partial charge in [-0.2, -0.15) is 0 Å². The van der Waals surface area contributed by atoms with E-state index in [0.29, 0.717) is 5.88 Å². The number of guanidine groups is 1. The number of nitrogens with two attached hydrogens (primary N) is 1. The summed E-state index contributed by atoms with van der Waals surface area (Å²) >= 11 is 0. The zero-order valence-corrected chi connectivity index (χ0v) is 12.7. The highest BCUT2D eigenvalue weighted by Crippen LogP contribution is 2.29. The fraction of sp³-hybridized carbons (Fsp3) is 0.200. The number of alkyl halides is 3. The fourth-order valence-electron chi connectivity index (χ4n) is 1.80. The Bertz CT molecular complexity index is 720. The lowest BCUT2D eigenvalue weighted by atomic mass is 10.3. The number of methoxy groups -OCH3 is 1. The number of aromatic nitrogens is 1. The third-order valence-corrected chi connectivity index (χ3v) is 2.82. The van der Waals surface area contributed by atoms with Gasteiger partial charge in [0.25, 0.3) is 0 Å². The minimum absolute atomic E-state index is 0.0518. The summed E-state index contributed by atoms with van der Waals surface area (Å²) in [6.07, 6.45) is -3.24. The van der Waals surface area contributed by atoms with Crippen molar-refractivity contribution >= 4 is 11.6 Å². The monoisotopic (exact) mass is 340 g/mol. The van der Waals surface area contributed by atoms with Crippen molar-refractivity contribution in [1.29, 1.82) is 0 Å². The number of anilines is 1. The molecule has 6 nitrogen and oxygen atoms in total. The zero-order valence-electron chi connectivity index (χ0n) is 12.7. The SMILES string of the molecule is COc1cc(CN=C(N)Nc2ccccc2OC(F)(F)F)ccn1. The molecule has 2 rings (SSSR count). The van der Waals surface area contributed by atoms with E-state index in [1.165, 1.54) is 25.3 Å². The van der Waals surface area contributed by atoms with Crippen LogP contribution in [0.4, 0.5) is 18.9 Å². The molecule has 0 atom stereocenters. The van der Waals surface area contributed by atoms with Crippen LogP contribution >= 0.6 is 0 Å². The summed E-state index contributed by atoms with van der Waals surface area (Å²) in [5.41, 5.74) is 6.55. The smallest absolute Gasteiger partial charge is 0.481 e. The highest BCUT2D eigenvalue weighted by atomic mass is 19.4. The summed E-state index contributed by atoms with van der Waals surface area (Å²) in [5.74, 6) is -0.0177. The lowest BCUT2D eigenvalue weighted by Gasteiger charge is -2.14. The van der Waals surface area contributed by atoms with Crippen LogP contribution in [0.3, 0.4) is 0 Å². The molecule has 128 valence electrons. The molecular weight excluding hydrogens is 325 g/mol. The van der Waals surface area contributed by atoms with Gasteiger partial charge < -0.3 is 20.5 Å². The lowest BCUT2D eigenvalue weighted by Crippen LogP contribution is -2.24. The Morgan fingerprint density at radius 1 is 1.29 bits per heavy atom. The molecule has 1 aromatic carbocycles. The number of benzene rings is 1. The van der Waals surface area contributed by atoms with Crippen LogP contribution in [0.2, 0.25) is 0 Å². The van der Waals surface area contributed by atoms with Crippen molar-refractivity contribution in [2.24, 2.45) is 10.7 Å². The van der Waals surface area contributed by atoms with Crippen molar-refractivity contribution in [1.82, 2.24) is 4.98 Å². The third kappa shape index (κ3) is 5.34. The number of ether oxygens (including phenoxy) is 2. The van der Waals surface area contributed by atoms with E-state index in [2.05, 4.69) is 20.0 Å². The van der Waals surface area contributed by atoms with Crippen LogP contribution in [0, 0.1) is 0 Å². The normalized spacial score (nSPS) is 11.9. The first kappa shape index (κ1) is 17.4. The second-order valence-electron chi connectivity index (χ2n) is 4.58. The van der Waals surface area contributed by atoms with Gasteiger partial charge in [0.2, 0.25) is 5.88 Å². The van der Waals surface area contributed by atoms with Crippen molar-refractivity contribution in [3.05, 3.63) is 48.2 Å². The maximum absolute atomic E-state index is 12.4. The van der Waals surface area contributed by atoms with E-state index in [1.807, 2.05) is 0 Å². The summed E-state index contributed by atoms with van der Waals surface area (Å²) in [6, 6.07) is 8.95. The minimum atomic E-state index is -4.79. The maximum Gasteiger partial charge on any atom is 0.573 e. The summed E-state index contributed by atoms with van der Waals surface area (Å²) < 4.78 is 46.0. The van der Waals surface area contributed by atoms with Gasteiger partial charge in [0.05, 0.1) is 19.3 Å². The van der Waals surface area contributed by atoms with Gasteiger partial charge in [-0.15, -0.1) is 13.2 Å². The molecule has 0 fully saturated rings. The van der Waals surface area contributed by atoms with Crippen LogP contribution in [-0.4, -0.2) is 24.4 Å². The average Bonchev–Trinajstić information content (AvgIpc) is 2.54. The van der Waals surface area contributed by atoms with Crippen LogP contribution in [0.15, 0.2) is 47.6 Å². The van der Waals surface area contributed by atoms with Crippen molar-refractivity contribution in [3.63, 3.8) is 0 Å². The molecule has 0 aliphatic rings. The van der Waals surface area contributed by atoms with E-state index in [-0.39, 0.29) is 18.2 Å². The Labute approximate surface area is 136 Å². The van der Waals surface area contributed by atoms with Gasteiger partial charge in [-0.05, 0) is 23.8 Å². The second kappa shape index (κ2) is 7.53. The van der Waals surface area contributed by atoms with Gasteiger partial charge in [0.1, 0.15) is 0 Å². The predicted octanol–water partition coefficient (Wildman–Crippen LogP) is 2.92. The largest absolute Gasteiger partial charge is 0.573 e. The van der Waals surface area contributed by atoms with E-state index in [0.717, 1.165) is 5.56 Å².